The van der Waals surface area contributed by atoms with Crippen LogP contribution >= 0.6 is 28.3 Å². The molecule has 1 aliphatic rings. The summed E-state index contributed by atoms with van der Waals surface area (Å²) in [6.45, 7) is 5.17. The Morgan fingerprint density at radius 3 is 2.57 bits per heavy atom. The van der Waals surface area contributed by atoms with Crippen LogP contribution in [0, 0.1) is 5.92 Å². The van der Waals surface area contributed by atoms with E-state index < -0.39 is 0 Å². The summed E-state index contributed by atoms with van der Waals surface area (Å²) in [5, 5.41) is 0. The third-order valence-electron chi connectivity index (χ3n) is 4.53. The number of nitrogens with two attached hydrogens (primary N) is 1. The lowest BCUT2D eigenvalue weighted by atomic mass is 9.91. The van der Waals surface area contributed by atoms with Gasteiger partial charge in [0.1, 0.15) is 0 Å². The van der Waals surface area contributed by atoms with Gasteiger partial charge in [0.05, 0.1) is 6.54 Å². The molecular weight excluding hydrogens is 378 g/mol. The van der Waals surface area contributed by atoms with E-state index in [4.69, 9.17) is 5.73 Å². The van der Waals surface area contributed by atoms with E-state index in [1.54, 1.807) is 4.90 Å². The molecule has 130 valence electrons. The number of likely N-dealkylation sites (N-methyl/N-ethyl adjacent to an activating group) is 1. The number of carbonyl (C=O) groups is 1. The number of likely N-dealkylation sites (tertiary alicyclic amines) is 1. The van der Waals surface area contributed by atoms with Crippen molar-refractivity contribution in [2.24, 2.45) is 11.7 Å². The van der Waals surface area contributed by atoms with Crippen molar-refractivity contribution in [2.75, 3.05) is 26.7 Å². The largest absolute Gasteiger partial charge is 0.340 e. The molecule has 1 fully saturated rings. The number of hydrogen-bond acceptors (Lipinski definition) is 3. The van der Waals surface area contributed by atoms with Gasteiger partial charge in [-0.2, -0.15) is 0 Å². The van der Waals surface area contributed by atoms with Gasteiger partial charge in [-0.1, -0.05) is 34.1 Å². The zero-order valence-corrected chi connectivity index (χ0v) is 16.3. The highest BCUT2D eigenvalue weighted by molar-refractivity contribution is 9.10. The lowest BCUT2D eigenvalue weighted by Gasteiger charge is -2.34. The summed E-state index contributed by atoms with van der Waals surface area (Å²) in [5.41, 5.74) is 7.10. The molecule has 4 nitrogen and oxygen atoms in total. The summed E-state index contributed by atoms with van der Waals surface area (Å²) in [4.78, 5) is 16.4. The van der Waals surface area contributed by atoms with Crippen molar-refractivity contribution < 1.29 is 4.79 Å². The molecule has 6 heteroatoms. The van der Waals surface area contributed by atoms with Crippen molar-refractivity contribution in [1.82, 2.24) is 9.80 Å². The number of benzene rings is 1. The molecular formula is C17H27BrClN3O. The Morgan fingerprint density at radius 2 is 2.00 bits per heavy atom. The highest BCUT2D eigenvalue weighted by Gasteiger charge is 2.24. The first-order valence-corrected chi connectivity index (χ1v) is 8.72. The fraction of sp³-hybridized carbons (Fsp3) is 0.588. The van der Waals surface area contributed by atoms with Crippen LogP contribution in [0.5, 0.6) is 0 Å². The molecule has 0 aliphatic carbocycles. The van der Waals surface area contributed by atoms with Crippen LogP contribution in [-0.2, 0) is 11.3 Å². The van der Waals surface area contributed by atoms with Crippen LogP contribution in [0.15, 0.2) is 28.7 Å². The maximum absolute atomic E-state index is 12.4. The molecule has 1 aliphatic heterocycles. The van der Waals surface area contributed by atoms with Gasteiger partial charge in [0.15, 0.2) is 0 Å². The van der Waals surface area contributed by atoms with Crippen LogP contribution in [0.2, 0.25) is 0 Å². The van der Waals surface area contributed by atoms with E-state index in [9.17, 15) is 4.79 Å². The topological polar surface area (TPSA) is 49.6 Å². The number of piperidine rings is 1. The Bertz CT molecular complexity index is 504. The number of nitrogens with zero attached hydrogens (tertiary/aromatic N) is 2. The molecule has 1 heterocycles. The first-order chi connectivity index (χ1) is 10.5. The van der Waals surface area contributed by atoms with E-state index in [2.05, 4.69) is 27.8 Å². The van der Waals surface area contributed by atoms with Crippen LogP contribution in [-0.4, -0.2) is 48.4 Å². The van der Waals surface area contributed by atoms with Crippen molar-refractivity contribution in [3.63, 3.8) is 0 Å². The number of rotatable bonds is 5. The Morgan fingerprint density at radius 1 is 1.39 bits per heavy atom. The molecule has 0 spiro atoms. The molecule has 0 aromatic heterocycles. The van der Waals surface area contributed by atoms with Crippen LogP contribution in [0.3, 0.4) is 0 Å². The van der Waals surface area contributed by atoms with Gasteiger partial charge >= 0.3 is 0 Å². The zero-order valence-electron chi connectivity index (χ0n) is 13.9. The minimum atomic E-state index is 0. The average Bonchev–Trinajstić information content (AvgIpc) is 2.50. The van der Waals surface area contributed by atoms with E-state index in [-0.39, 0.29) is 24.4 Å². The molecule has 0 saturated carbocycles. The number of halogens is 2. The fourth-order valence-electron chi connectivity index (χ4n) is 2.92. The monoisotopic (exact) mass is 403 g/mol. The SMILES string of the molecule is CC(N)C1CCN(CC(=O)N(C)Cc2ccccc2Br)CC1.Cl. The standard InChI is InChI=1S/C17H26BrN3O.ClH/c1-13(19)14-7-9-21(10-8-14)12-17(22)20(2)11-15-5-3-4-6-16(15)18;/h3-6,13-14H,7-12,19H2,1-2H3;1H. The van der Waals surface area contributed by atoms with Gasteiger partial charge in [0.2, 0.25) is 5.91 Å². The average molecular weight is 405 g/mol. The van der Waals surface area contributed by atoms with Gasteiger partial charge in [-0.05, 0) is 50.4 Å². The molecule has 0 radical (unpaired) electrons. The Balaban J connectivity index is 0.00000264. The van der Waals surface area contributed by atoms with E-state index in [1.807, 2.05) is 31.3 Å². The van der Waals surface area contributed by atoms with Gasteiger partial charge in [0, 0.05) is 24.1 Å². The smallest absolute Gasteiger partial charge is 0.236 e. The Kier molecular flexibility index (Phi) is 8.54. The van der Waals surface area contributed by atoms with Crippen molar-refractivity contribution >= 4 is 34.2 Å². The summed E-state index contributed by atoms with van der Waals surface area (Å²) < 4.78 is 1.05. The van der Waals surface area contributed by atoms with Gasteiger partial charge in [-0.25, -0.2) is 0 Å². The Labute approximate surface area is 153 Å². The van der Waals surface area contributed by atoms with Crippen molar-refractivity contribution in [3.05, 3.63) is 34.3 Å². The minimum Gasteiger partial charge on any atom is -0.340 e. The van der Waals surface area contributed by atoms with E-state index in [0.29, 0.717) is 19.0 Å². The predicted octanol–water partition coefficient (Wildman–Crippen LogP) is 2.89. The first kappa shape index (κ1) is 20.4. The summed E-state index contributed by atoms with van der Waals surface area (Å²) in [6, 6.07) is 8.29. The van der Waals surface area contributed by atoms with E-state index >= 15 is 0 Å². The molecule has 1 atom stereocenters. The third-order valence-corrected chi connectivity index (χ3v) is 5.30. The van der Waals surface area contributed by atoms with Crippen molar-refractivity contribution in [2.45, 2.75) is 32.4 Å². The van der Waals surface area contributed by atoms with Crippen molar-refractivity contribution in [1.29, 1.82) is 0 Å². The highest BCUT2D eigenvalue weighted by Crippen LogP contribution is 2.20. The van der Waals surface area contributed by atoms with Crippen LogP contribution in [0.4, 0.5) is 0 Å². The molecule has 1 aromatic carbocycles. The second-order valence-electron chi connectivity index (χ2n) is 6.31. The maximum Gasteiger partial charge on any atom is 0.236 e. The van der Waals surface area contributed by atoms with Gasteiger partial charge in [-0.15, -0.1) is 12.4 Å². The summed E-state index contributed by atoms with van der Waals surface area (Å²) in [7, 11) is 1.87. The van der Waals surface area contributed by atoms with Crippen LogP contribution in [0.1, 0.15) is 25.3 Å². The normalized spacial score (nSPS) is 17.4. The highest BCUT2D eigenvalue weighted by atomic mass is 79.9. The summed E-state index contributed by atoms with van der Waals surface area (Å²) >= 11 is 3.53. The molecule has 1 amide bonds. The molecule has 2 rings (SSSR count). The molecule has 1 aromatic rings. The number of carbonyl (C=O) groups excluding carboxylic acids is 1. The summed E-state index contributed by atoms with van der Waals surface area (Å²) in [5.74, 6) is 0.777. The van der Waals surface area contributed by atoms with Crippen LogP contribution < -0.4 is 5.73 Å². The molecule has 23 heavy (non-hydrogen) atoms. The van der Waals surface area contributed by atoms with Crippen LogP contribution in [0.25, 0.3) is 0 Å². The lowest BCUT2D eigenvalue weighted by Crippen LogP contribution is -2.44. The second kappa shape index (κ2) is 9.62. The lowest BCUT2D eigenvalue weighted by molar-refractivity contribution is -0.132. The van der Waals surface area contributed by atoms with Gasteiger partial charge < -0.3 is 10.6 Å². The molecule has 1 saturated heterocycles. The first-order valence-electron chi connectivity index (χ1n) is 7.92. The minimum absolute atomic E-state index is 0. The van der Waals surface area contributed by atoms with Crippen molar-refractivity contribution in [3.8, 4) is 0 Å². The fourth-order valence-corrected chi connectivity index (χ4v) is 3.33. The predicted molar refractivity (Wildman–Crippen MR) is 101 cm³/mol. The number of amides is 1. The van der Waals surface area contributed by atoms with E-state index in [0.717, 1.165) is 36.0 Å². The molecule has 2 N–H and O–H groups in total. The summed E-state index contributed by atoms with van der Waals surface area (Å²) in [6.07, 6.45) is 2.19. The third kappa shape index (κ3) is 6.07. The van der Waals surface area contributed by atoms with Gasteiger partial charge in [0.25, 0.3) is 0 Å². The maximum atomic E-state index is 12.4. The second-order valence-corrected chi connectivity index (χ2v) is 7.17. The zero-order chi connectivity index (χ0) is 16.1. The number of hydrogen-bond donors (Lipinski definition) is 1. The van der Waals surface area contributed by atoms with E-state index in [1.165, 1.54) is 0 Å². The quantitative estimate of drug-likeness (QED) is 0.821. The molecule has 1 unspecified atom stereocenters. The van der Waals surface area contributed by atoms with Gasteiger partial charge in [-0.3, -0.25) is 9.69 Å². The Hall–Kier alpha value is -0.620. The molecule has 0 bridgehead atoms.